The fourth-order valence-corrected chi connectivity index (χ4v) is 3.43. The van der Waals surface area contributed by atoms with Crippen molar-refractivity contribution in [2.45, 2.75) is 40.7 Å². The molecule has 1 unspecified atom stereocenters. The van der Waals surface area contributed by atoms with Crippen LogP contribution in [0.2, 0.25) is 0 Å². The Morgan fingerprint density at radius 2 is 1.54 bits per heavy atom. The monoisotopic (exact) mass is 448 g/mol. The van der Waals surface area contributed by atoms with Crippen molar-refractivity contribution in [2.24, 2.45) is 0 Å². The SMILES string of the molecule is Cc1cccc(C)c1OCC(=O)NNC(=O)C(C)Oc1c(C)cc(Br)cc1C. The van der Waals surface area contributed by atoms with Gasteiger partial charge in [-0.2, -0.15) is 0 Å². The normalized spacial score (nSPS) is 11.5. The molecule has 0 heterocycles. The van der Waals surface area contributed by atoms with Crippen molar-refractivity contribution in [2.75, 3.05) is 6.61 Å². The van der Waals surface area contributed by atoms with Gasteiger partial charge >= 0.3 is 0 Å². The number of hydrogen-bond acceptors (Lipinski definition) is 4. The van der Waals surface area contributed by atoms with Gasteiger partial charge in [-0.1, -0.05) is 34.1 Å². The number of carbonyl (C=O) groups is 2. The molecule has 2 N–H and O–H groups in total. The molecule has 0 aliphatic carbocycles. The van der Waals surface area contributed by atoms with Crippen LogP contribution in [0, 0.1) is 27.7 Å². The average molecular weight is 449 g/mol. The number of hydrogen-bond donors (Lipinski definition) is 2. The van der Waals surface area contributed by atoms with Gasteiger partial charge in [-0.25, -0.2) is 0 Å². The zero-order valence-electron chi connectivity index (χ0n) is 16.7. The zero-order valence-corrected chi connectivity index (χ0v) is 18.3. The van der Waals surface area contributed by atoms with Gasteiger partial charge in [-0.3, -0.25) is 20.4 Å². The highest BCUT2D eigenvalue weighted by molar-refractivity contribution is 9.10. The summed E-state index contributed by atoms with van der Waals surface area (Å²) >= 11 is 3.43. The van der Waals surface area contributed by atoms with E-state index in [1.165, 1.54) is 0 Å². The second kappa shape index (κ2) is 9.59. The Morgan fingerprint density at radius 3 is 2.11 bits per heavy atom. The summed E-state index contributed by atoms with van der Waals surface area (Å²) in [6.45, 7) is 9.05. The fourth-order valence-electron chi connectivity index (χ4n) is 2.75. The third-order valence-corrected chi connectivity index (χ3v) is 4.63. The molecule has 0 bridgehead atoms. The second-order valence-electron chi connectivity index (χ2n) is 6.68. The fraction of sp³-hybridized carbons (Fsp3) is 0.333. The smallest absolute Gasteiger partial charge is 0.279 e. The lowest BCUT2D eigenvalue weighted by molar-refractivity contribution is -0.133. The van der Waals surface area contributed by atoms with E-state index in [9.17, 15) is 9.59 Å². The number of halogens is 1. The maximum Gasteiger partial charge on any atom is 0.279 e. The Balaban J connectivity index is 1.85. The number of ether oxygens (including phenoxy) is 2. The summed E-state index contributed by atoms with van der Waals surface area (Å²) in [6.07, 6.45) is -0.779. The van der Waals surface area contributed by atoms with Crippen LogP contribution >= 0.6 is 15.9 Å². The summed E-state index contributed by atoms with van der Waals surface area (Å²) in [7, 11) is 0. The van der Waals surface area contributed by atoms with Gasteiger partial charge in [0.25, 0.3) is 11.8 Å². The molecule has 2 amide bonds. The highest BCUT2D eigenvalue weighted by Gasteiger charge is 2.18. The lowest BCUT2D eigenvalue weighted by atomic mass is 10.1. The Bertz CT molecular complexity index is 839. The van der Waals surface area contributed by atoms with Crippen LogP contribution in [-0.4, -0.2) is 24.5 Å². The molecule has 0 aliphatic heterocycles. The predicted molar refractivity (Wildman–Crippen MR) is 111 cm³/mol. The molecule has 2 aromatic rings. The van der Waals surface area contributed by atoms with E-state index in [0.29, 0.717) is 11.5 Å². The Labute approximate surface area is 173 Å². The molecule has 0 spiro atoms. The molecule has 0 fully saturated rings. The second-order valence-corrected chi connectivity index (χ2v) is 7.59. The molecule has 2 aromatic carbocycles. The number of para-hydroxylation sites is 1. The standard InChI is InChI=1S/C21H25BrN2O4/c1-12-7-6-8-13(2)19(12)27-11-18(25)23-24-21(26)16(5)28-20-14(3)9-17(22)10-15(20)4/h6-10,16H,11H2,1-5H3,(H,23,25)(H,24,26). The molecule has 2 rings (SSSR count). The van der Waals surface area contributed by atoms with E-state index in [1.54, 1.807) is 6.92 Å². The first kappa shape index (κ1) is 21.8. The molecular formula is C21H25BrN2O4. The lowest BCUT2D eigenvalue weighted by Crippen LogP contribution is -2.48. The van der Waals surface area contributed by atoms with Crippen LogP contribution in [-0.2, 0) is 9.59 Å². The summed E-state index contributed by atoms with van der Waals surface area (Å²) in [5.41, 5.74) is 8.43. The number of aryl methyl sites for hydroxylation is 4. The van der Waals surface area contributed by atoms with Gasteiger partial charge in [0.15, 0.2) is 12.7 Å². The Kier molecular flexibility index (Phi) is 7.45. The van der Waals surface area contributed by atoms with E-state index < -0.39 is 17.9 Å². The molecule has 150 valence electrons. The minimum absolute atomic E-state index is 0.202. The van der Waals surface area contributed by atoms with E-state index in [0.717, 1.165) is 26.7 Å². The molecular weight excluding hydrogens is 424 g/mol. The minimum Gasteiger partial charge on any atom is -0.483 e. The van der Waals surface area contributed by atoms with Gasteiger partial charge in [-0.05, 0) is 69.0 Å². The van der Waals surface area contributed by atoms with Crippen LogP contribution in [0.25, 0.3) is 0 Å². The molecule has 0 aliphatic rings. The van der Waals surface area contributed by atoms with Crippen LogP contribution in [0.1, 0.15) is 29.2 Å². The largest absolute Gasteiger partial charge is 0.483 e. The first-order valence-electron chi connectivity index (χ1n) is 8.90. The quantitative estimate of drug-likeness (QED) is 0.660. The summed E-state index contributed by atoms with van der Waals surface area (Å²) in [4.78, 5) is 24.2. The van der Waals surface area contributed by atoms with E-state index in [2.05, 4.69) is 26.8 Å². The summed E-state index contributed by atoms with van der Waals surface area (Å²) in [5.74, 6) is 0.402. The van der Waals surface area contributed by atoms with Crippen LogP contribution < -0.4 is 20.3 Å². The van der Waals surface area contributed by atoms with Crippen molar-refractivity contribution in [3.8, 4) is 11.5 Å². The van der Waals surface area contributed by atoms with Gasteiger partial charge in [0.05, 0.1) is 0 Å². The number of carbonyl (C=O) groups excluding carboxylic acids is 2. The highest BCUT2D eigenvalue weighted by Crippen LogP contribution is 2.28. The van der Waals surface area contributed by atoms with Gasteiger partial charge in [0.1, 0.15) is 11.5 Å². The molecule has 1 atom stereocenters. The van der Waals surface area contributed by atoms with Crippen LogP contribution in [0.3, 0.4) is 0 Å². The third kappa shape index (κ3) is 5.73. The molecule has 7 heteroatoms. The Hall–Kier alpha value is -2.54. The van der Waals surface area contributed by atoms with E-state index in [1.807, 2.05) is 58.0 Å². The maximum atomic E-state index is 12.2. The summed E-state index contributed by atoms with van der Waals surface area (Å²) in [5, 5.41) is 0. The molecule has 28 heavy (non-hydrogen) atoms. The van der Waals surface area contributed by atoms with E-state index in [4.69, 9.17) is 9.47 Å². The van der Waals surface area contributed by atoms with E-state index in [-0.39, 0.29) is 6.61 Å². The maximum absolute atomic E-state index is 12.2. The van der Waals surface area contributed by atoms with Gasteiger partial charge in [-0.15, -0.1) is 0 Å². The summed E-state index contributed by atoms with van der Waals surface area (Å²) in [6, 6.07) is 9.58. The van der Waals surface area contributed by atoms with Crippen molar-refractivity contribution in [3.05, 3.63) is 57.1 Å². The molecule has 0 aromatic heterocycles. The number of nitrogens with one attached hydrogen (secondary N) is 2. The highest BCUT2D eigenvalue weighted by atomic mass is 79.9. The minimum atomic E-state index is -0.779. The van der Waals surface area contributed by atoms with E-state index >= 15 is 0 Å². The van der Waals surface area contributed by atoms with Gasteiger partial charge in [0, 0.05) is 4.47 Å². The number of benzene rings is 2. The average Bonchev–Trinajstić information content (AvgIpc) is 2.62. The van der Waals surface area contributed by atoms with Crippen molar-refractivity contribution in [1.82, 2.24) is 10.9 Å². The van der Waals surface area contributed by atoms with Crippen molar-refractivity contribution in [1.29, 1.82) is 0 Å². The third-order valence-electron chi connectivity index (χ3n) is 4.17. The molecule has 0 saturated carbocycles. The van der Waals surface area contributed by atoms with Crippen LogP contribution in [0.5, 0.6) is 11.5 Å². The lowest BCUT2D eigenvalue weighted by Gasteiger charge is -2.18. The molecule has 0 saturated heterocycles. The Morgan fingerprint density at radius 1 is 0.964 bits per heavy atom. The summed E-state index contributed by atoms with van der Waals surface area (Å²) < 4.78 is 12.3. The van der Waals surface area contributed by atoms with Crippen molar-refractivity contribution >= 4 is 27.7 Å². The van der Waals surface area contributed by atoms with Gasteiger partial charge in [0.2, 0.25) is 0 Å². The molecule has 6 nitrogen and oxygen atoms in total. The number of hydrazine groups is 1. The van der Waals surface area contributed by atoms with Crippen LogP contribution in [0.15, 0.2) is 34.8 Å². The number of rotatable bonds is 6. The molecule has 0 radical (unpaired) electrons. The zero-order chi connectivity index (χ0) is 20.8. The van der Waals surface area contributed by atoms with Crippen LogP contribution in [0.4, 0.5) is 0 Å². The van der Waals surface area contributed by atoms with Crippen molar-refractivity contribution in [3.63, 3.8) is 0 Å². The van der Waals surface area contributed by atoms with Gasteiger partial charge < -0.3 is 9.47 Å². The first-order valence-corrected chi connectivity index (χ1v) is 9.69. The van der Waals surface area contributed by atoms with Crippen molar-refractivity contribution < 1.29 is 19.1 Å². The first-order chi connectivity index (χ1) is 13.2. The topological polar surface area (TPSA) is 76.7 Å². The number of amides is 2. The predicted octanol–water partition coefficient (Wildman–Crippen LogP) is 3.68.